The molecule has 0 radical (unpaired) electrons. The van der Waals surface area contributed by atoms with Gasteiger partial charge in [0, 0.05) is 31.1 Å². The average Bonchev–Trinajstić information content (AvgIpc) is 2.75. The van der Waals surface area contributed by atoms with E-state index >= 15 is 0 Å². The van der Waals surface area contributed by atoms with Gasteiger partial charge in [0.25, 0.3) is 0 Å². The molecule has 2 aromatic heterocycles. The van der Waals surface area contributed by atoms with Crippen LogP contribution in [0.1, 0.15) is 0 Å². The lowest BCUT2D eigenvalue weighted by Crippen LogP contribution is -1.85. The lowest BCUT2D eigenvalue weighted by Gasteiger charge is -1.87. The molecular formula is C8H10N4. The SMILES string of the molecule is CNc1cc(-c2cc[nH]c2)[nH]n1. The Bertz CT molecular complexity index is 347. The largest absolute Gasteiger partial charge is 0.372 e. The van der Waals surface area contributed by atoms with Crippen LogP contribution in [0.3, 0.4) is 0 Å². The van der Waals surface area contributed by atoms with Gasteiger partial charge in [0.2, 0.25) is 0 Å². The molecule has 0 bridgehead atoms. The Hall–Kier alpha value is -1.71. The van der Waals surface area contributed by atoms with Crippen molar-refractivity contribution in [3.05, 3.63) is 24.5 Å². The highest BCUT2D eigenvalue weighted by atomic mass is 15.2. The first kappa shape index (κ1) is 6.97. The molecule has 2 heterocycles. The van der Waals surface area contributed by atoms with E-state index in [1.54, 1.807) is 0 Å². The Morgan fingerprint density at radius 2 is 2.42 bits per heavy atom. The van der Waals surface area contributed by atoms with Gasteiger partial charge < -0.3 is 10.3 Å². The van der Waals surface area contributed by atoms with Crippen molar-refractivity contribution >= 4 is 5.82 Å². The third-order valence-electron chi connectivity index (χ3n) is 1.74. The van der Waals surface area contributed by atoms with Crippen LogP contribution in [0.25, 0.3) is 11.3 Å². The highest BCUT2D eigenvalue weighted by Gasteiger charge is 2.00. The van der Waals surface area contributed by atoms with E-state index in [2.05, 4.69) is 20.5 Å². The molecule has 0 aliphatic rings. The fourth-order valence-electron chi connectivity index (χ4n) is 1.09. The minimum absolute atomic E-state index is 0.853. The number of nitrogens with one attached hydrogen (secondary N) is 3. The van der Waals surface area contributed by atoms with Crippen LogP contribution in [-0.4, -0.2) is 22.2 Å². The number of aromatic amines is 2. The van der Waals surface area contributed by atoms with E-state index in [0.717, 1.165) is 17.1 Å². The molecule has 0 fully saturated rings. The second kappa shape index (κ2) is 2.73. The molecule has 0 spiro atoms. The van der Waals surface area contributed by atoms with Crippen LogP contribution in [0, 0.1) is 0 Å². The number of H-pyrrole nitrogens is 2. The van der Waals surface area contributed by atoms with Gasteiger partial charge >= 0.3 is 0 Å². The van der Waals surface area contributed by atoms with Crippen molar-refractivity contribution in [3.63, 3.8) is 0 Å². The molecule has 0 atom stereocenters. The molecule has 4 nitrogen and oxygen atoms in total. The van der Waals surface area contributed by atoms with Gasteiger partial charge in [-0.1, -0.05) is 0 Å². The maximum Gasteiger partial charge on any atom is 0.148 e. The predicted molar refractivity (Wildman–Crippen MR) is 47.9 cm³/mol. The molecule has 4 heteroatoms. The molecule has 0 unspecified atom stereocenters. The van der Waals surface area contributed by atoms with Crippen molar-refractivity contribution in [2.24, 2.45) is 0 Å². The van der Waals surface area contributed by atoms with Gasteiger partial charge in [-0.2, -0.15) is 5.10 Å². The second-order valence-corrected chi connectivity index (χ2v) is 2.52. The molecule has 62 valence electrons. The number of hydrogen-bond acceptors (Lipinski definition) is 2. The first-order chi connectivity index (χ1) is 5.90. The normalized spacial score (nSPS) is 10.1. The molecule has 0 saturated heterocycles. The summed E-state index contributed by atoms with van der Waals surface area (Å²) in [6.45, 7) is 0. The number of aromatic nitrogens is 3. The highest BCUT2D eigenvalue weighted by molar-refractivity contribution is 5.61. The van der Waals surface area contributed by atoms with Crippen molar-refractivity contribution < 1.29 is 0 Å². The van der Waals surface area contributed by atoms with Crippen LogP contribution in [0.4, 0.5) is 5.82 Å². The van der Waals surface area contributed by atoms with Crippen molar-refractivity contribution in [1.29, 1.82) is 0 Å². The van der Waals surface area contributed by atoms with Crippen molar-refractivity contribution in [3.8, 4) is 11.3 Å². The van der Waals surface area contributed by atoms with E-state index in [4.69, 9.17) is 0 Å². The summed E-state index contributed by atoms with van der Waals surface area (Å²) in [4.78, 5) is 2.99. The maximum absolute atomic E-state index is 4.04. The second-order valence-electron chi connectivity index (χ2n) is 2.52. The molecule has 0 aliphatic heterocycles. The fourth-order valence-corrected chi connectivity index (χ4v) is 1.09. The molecule has 0 saturated carbocycles. The average molecular weight is 162 g/mol. The standard InChI is InChI=1S/C8H10N4/c1-9-8-4-7(11-12-8)6-2-3-10-5-6/h2-5,10H,1H3,(H2,9,11,12). The zero-order valence-corrected chi connectivity index (χ0v) is 6.76. The molecule has 0 aromatic carbocycles. The lowest BCUT2D eigenvalue weighted by molar-refractivity contribution is 1.09. The zero-order valence-electron chi connectivity index (χ0n) is 6.76. The van der Waals surface area contributed by atoms with Crippen LogP contribution >= 0.6 is 0 Å². The highest BCUT2D eigenvalue weighted by Crippen LogP contribution is 2.17. The molecule has 0 amide bonds. The van der Waals surface area contributed by atoms with E-state index < -0.39 is 0 Å². The monoisotopic (exact) mass is 162 g/mol. The van der Waals surface area contributed by atoms with Crippen LogP contribution in [-0.2, 0) is 0 Å². The third-order valence-corrected chi connectivity index (χ3v) is 1.74. The van der Waals surface area contributed by atoms with Gasteiger partial charge in [-0.3, -0.25) is 5.10 Å². The molecule has 3 N–H and O–H groups in total. The maximum atomic E-state index is 4.04. The van der Waals surface area contributed by atoms with Crippen molar-refractivity contribution in [1.82, 2.24) is 15.2 Å². The van der Waals surface area contributed by atoms with E-state index in [-0.39, 0.29) is 0 Å². The molecule has 2 aromatic rings. The van der Waals surface area contributed by atoms with Gasteiger partial charge in [-0.05, 0) is 6.07 Å². The minimum atomic E-state index is 0.853. The van der Waals surface area contributed by atoms with E-state index in [1.165, 1.54) is 0 Å². The number of rotatable bonds is 2. The Kier molecular flexibility index (Phi) is 1.59. The van der Waals surface area contributed by atoms with Gasteiger partial charge in [0.1, 0.15) is 5.82 Å². The lowest BCUT2D eigenvalue weighted by atomic mass is 10.2. The Morgan fingerprint density at radius 1 is 1.50 bits per heavy atom. The summed E-state index contributed by atoms with van der Waals surface area (Å²) in [5, 5.41) is 9.92. The van der Waals surface area contributed by atoms with Crippen LogP contribution in [0.5, 0.6) is 0 Å². The van der Waals surface area contributed by atoms with Crippen molar-refractivity contribution in [2.75, 3.05) is 12.4 Å². The number of hydrogen-bond donors (Lipinski definition) is 3. The summed E-state index contributed by atoms with van der Waals surface area (Å²) in [7, 11) is 1.84. The minimum Gasteiger partial charge on any atom is -0.372 e. The first-order valence-electron chi connectivity index (χ1n) is 3.76. The molecule has 2 rings (SSSR count). The molecule has 0 aliphatic carbocycles. The van der Waals surface area contributed by atoms with E-state index in [0.29, 0.717) is 0 Å². The summed E-state index contributed by atoms with van der Waals surface area (Å²) in [6.07, 6.45) is 3.81. The number of nitrogens with zero attached hydrogens (tertiary/aromatic N) is 1. The Labute approximate surface area is 70.0 Å². The van der Waals surface area contributed by atoms with Gasteiger partial charge in [0.05, 0.1) is 5.69 Å². The quantitative estimate of drug-likeness (QED) is 0.626. The van der Waals surface area contributed by atoms with E-state index in [1.807, 2.05) is 31.6 Å². The van der Waals surface area contributed by atoms with Crippen LogP contribution in [0.2, 0.25) is 0 Å². The third kappa shape index (κ3) is 1.07. The van der Waals surface area contributed by atoms with Gasteiger partial charge in [0.15, 0.2) is 0 Å². The topological polar surface area (TPSA) is 56.5 Å². The van der Waals surface area contributed by atoms with Crippen molar-refractivity contribution in [2.45, 2.75) is 0 Å². The Morgan fingerprint density at radius 3 is 3.00 bits per heavy atom. The molecule has 12 heavy (non-hydrogen) atoms. The zero-order chi connectivity index (χ0) is 8.39. The summed E-state index contributed by atoms with van der Waals surface area (Å²) in [5.41, 5.74) is 2.13. The Balaban J connectivity index is 2.35. The summed E-state index contributed by atoms with van der Waals surface area (Å²) in [5.74, 6) is 0.853. The van der Waals surface area contributed by atoms with E-state index in [9.17, 15) is 0 Å². The van der Waals surface area contributed by atoms with Crippen LogP contribution < -0.4 is 5.32 Å². The van der Waals surface area contributed by atoms with Gasteiger partial charge in [-0.25, -0.2) is 0 Å². The number of anilines is 1. The molecular weight excluding hydrogens is 152 g/mol. The van der Waals surface area contributed by atoms with Crippen LogP contribution in [0.15, 0.2) is 24.5 Å². The smallest absolute Gasteiger partial charge is 0.148 e. The first-order valence-corrected chi connectivity index (χ1v) is 3.76. The predicted octanol–water partition coefficient (Wildman–Crippen LogP) is 1.45. The summed E-state index contributed by atoms with van der Waals surface area (Å²) < 4.78 is 0. The fraction of sp³-hybridized carbons (Fsp3) is 0.125. The summed E-state index contributed by atoms with van der Waals surface area (Å²) in [6, 6.07) is 3.95. The summed E-state index contributed by atoms with van der Waals surface area (Å²) >= 11 is 0. The van der Waals surface area contributed by atoms with Gasteiger partial charge in [-0.15, -0.1) is 0 Å².